The topological polar surface area (TPSA) is 52.9 Å². The van der Waals surface area contributed by atoms with Gasteiger partial charge in [0.05, 0.1) is 22.6 Å². The van der Waals surface area contributed by atoms with Crippen molar-refractivity contribution in [3.05, 3.63) is 49.1 Å². The molecule has 26 heavy (non-hydrogen) atoms. The van der Waals surface area contributed by atoms with E-state index in [2.05, 4.69) is 4.90 Å². The number of aromatic hydroxyl groups is 1. The first-order valence-corrected chi connectivity index (χ1v) is 10.4. The highest BCUT2D eigenvalue weighted by atomic mass is 35.5. The Labute approximate surface area is 166 Å². The lowest BCUT2D eigenvalue weighted by atomic mass is 9.84. The van der Waals surface area contributed by atoms with Gasteiger partial charge in [0.2, 0.25) is 0 Å². The summed E-state index contributed by atoms with van der Waals surface area (Å²) in [5, 5.41) is 20.2. The minimum Gasteiger partial charge on any atom is -0.506 e. The predicted octanol–water partition coefficient (Wildman–Crippen LogP) is 4.32. The number of likely N-dealkylation sites (tertiary alicyclic amines) is 1. The number of phenolic OH excluding ortho intramolecular Hbond substituents is 1. The molecule has 0 unspecified atom stereocenters. The molecule has 1 aromatic carbocycles. The van der Waals surface area contributed by atoms with Crippen LogP contribution >= 0.6 is 34.5 Å². The molecule has 1 aromatic heterocycles. The van der Waals surface area contributed by atoms with E-state index in [0.29, 0.717) is 22.5 Å². The maximum atomic E-state index is 10.1. The minimum atomic E-state index is -0.289. The summed E-state index contributed by atoms with van der Waals surface area (Å²) in [6.07, 6.45) is 2.57. The Bertz CT molecular complexity index is 815. The van der Waals surface area contributed by atoms with Crippen LogP contribution in [-0.2, 0) is 29.9 Å². The largest absolute Gasteiger partial charge is 0.506 e. The summed E-state index contributed by atoms with van der Waals surface area (Å²) in [5.41, 5.74) is 2.62. The third kappa shape index (κ3) is 3.15. The van der Waals surface area contributed by atoms with Crippen LogP contribution in [0.5, 0.6) is 5.75 Å². The van der Waals surface area contributed by atoms with Crippen LogP contribution in [0.1, 0.15) is 34.4 Å². The first-order valence-electron chi connectivity index (χ1n) is 8.78. The molecule has 0 aliphatic carbocycles. The van der Waals surface area contributed by atoms with Gasteiger partial charge in [-0.3, -0.25) is 4.90 Å². The van der Waals surface area contributed by atoms with Crippen LogP contribution in [0.3, 0.4) is 0 Å². The van der Waals surface area contributed by atoms with Crippen molar-refractivity contribution in [2.24, 2.45) is 0 Å². The van der Waals surface area contributed by atoms with Gasteiger partial charge in [0.15, 0.2) is 0 Å². The van der Waals surface area contributed by atoms with E-state index in [1.54, 1.807) is 17.4 Å². The smallest absolute Gasteiger partial charge is 0.138 e. The van der Waals surface area contributed by atoms with E-state index >= 15 is 0 Å². The van der Waals surface area contributed by atoms with Crippen molar-refractivity contribution in [2.45, 2.75) is 38.0 Å². The lowest BCUT2D eigenvalue weighted by Gasteiger charge is -2.44. The van der Waals surface area contributed by atoms with Gasteiger partial charge in [0, 0.05) is 35.6 Å². The molecular formula is C19H21Cl2NO3S. The Balaban J connectivity index is 1.51. The number of thiophene rings is 1. The van der Waals surface area contributed by atoms with Gasteiger partial charge in [-0.05, 0) is 30.9 Å². The number of nitrogens with zero attached hydrogens (tertiary/aromatic N) is 1. The van der Waals surface area contributed by atoms with Gasteiger partial charge in [0.1, 0.15) is 11.4 Å². The van der Waals surface area contributed by atoms with E-state index in [4.69, 9.17) is 27.9 Å². The van der Waals surface area contributed by atoms with Crippen molar-refractivity contribution in [2.75, 3.05) is 19.7 Å². The third-order valence-corrected chi connectivity index (χ3v) is 7.51. The van der Waals surface area contributed by atoms with Gasteiger partial charge in [-0.2, -0.15) is 0 Å². The molecule has 4 rings (SSSR count). The highest BCUT2D eigenvalue weighted by molar-refractivity contribution is 7.16. The highest BCUT2D eigenvalue weighted by Crippen LogP contribution is 2.48. The van der Waals surface area contributed by atoms with Crippen LogP contribution in [-0.4, -0.2) is 34.8 Å². The second kappa shape index (κ2) is 7.30. The maximum absolute atomic E-state index is 10.1. The third-order valence-electron chi connectivity index (χ3n) is 5.50. The number of hydrogen-bond acceptors (Lipinski definition) is 5. The predicted molar refractivity (Wildman–Crippen MR) is 104 cm³/mol. The van der Waals surface area contributed by atoms with Crippen LogP contribution < -0.4 is 0 Å². The van der Waals surface area contributed by atoms with Gasteiger partial charge in [-0.1, -0.05) is 35.3 Å². The van der Waals surface area contributed by atoms with E-state index in [1.807, 2.05) is 12.1 Å². The van der Waals surface area contributed by atoms with Gasteiger partial charge in [-0.25, -0.2) is 0 Å². The summed E-state index contributed by atoms with van der Waals surface area (Å²) in [4.78, 5) is 3.51. The molecule has 0 saturated carbocycles. The van der Waals surface area contributed by atoms with Gasteiger partial charge in [0.25, 0.3) is 0 Å². The van der Waals surface area contributed by atoms with Crippen LogP contribution in [0.15, 0.2) is 18.2 Å². The number of para-hydroxylation sites is 1. The van der Waals surface area contributed by atoms with E-state index in [0.717, 1.165) is 43.5 Å². The molecule has 1 spiro atoms. The molecule has 2 aliphatic heterocycles. The molecule has 2 aromatic rings. The van der Waals surface area contributed by atoms with Crippen LogP contribution in [0, 0.1) is 0 Å². The molecule has 0 atom stereocenters. The molecule has 2 N–H and O–H groups in total. The normalized spacial score (nSPS) is 19.7. The van der Waals surface area contributed by atoms with Crippen LogP contribution in [0.2, 0.25) is 9.36 Å². The summed E-state index contributed by atoms with van der Waals surface area (Å²) < 4.78 is 6.95. The molecule has 0 bridgehead atoms. The second-order valence-corrected chi connectivity index (χ2v) is 8.97. The van der Waals surface area contributed by atoms with Crippen LogP contribution in [0.4, 0.5) is 0 Å². The number of aliphatic hydroxyl groups is 1. The minimum absolute atomic E-state index is 0.0130. The zero-order chi connectivity index (χ0) is 18.3. The first kappa shape index (κ1) is 18.5. The number of hydrogen-bond donors (Lipinski definition) is 2. The molecular weight excluding hydrogens is 393 g/mol. The number of benzene rings is 1. The Morgan fingerprint density at radius 2 is 2.00 bits per heavy atom. The molecule has 0 radical (unpaired) electrons. The molecule has 140 valence electrons. The lowest BCUT2D eigenvalue weighted by Crippen LogP contribution is -2.45. The monoisotopic (exact) mass is 413 g/mol. The fraction of sp³-hybridized carbons (Fsp3) is 0.474. The molecule has 4 nitrogen and oxygen atoms in total. The number of ether oxygens (including phenoxy) is 1. The van der Waals surface area contributed by atoms with Crippen molar-refractivity contribution >= 4 is 34.5 Å². The van der Waals surface area contributed by atoms with Crippen molar-refractivity contribution in [3.63, 3.8) is 0 Å². The number of halogens is 2. The number of piperidine rings is 1. The second-order valence-electron chi connectivity index (χ2n) is 6.94. The molecule has 7 heteroatoms. The summed E-state index contributed by atoms with van der Waals surface area (Å²) in [6, 6.07) is 5.47. The molecule has 1 saturated heterocycles. The summed E-state index contributed by atoms with van der Waals surface area (Å²) in [7, 11) is 0. The van der Waals surface area contributed by atoms with Gasteiger partial charge in [-0.15, -0.1) is 11.3 Å². The average molecular weight is 414 g/mol. The number of rotatable bonds is 3. The Morgan fingerprint density at radius 3 is 2.73 bits per heavy atom. The van der Waals surface area contributed by atoms with Gasteiger partial charge < -0.3 is 14.9 Å². The quantitative estimate of drug-likeness (QED) is 0.786. The van der Waals surface area contributed by atoms with E-state index in [-0.39, 0.29) is 18.0 Å². The van der Waals surface area contributed by atoms with Gasteiger partial charge >= 0.3 is 0 Å². The van der Waals surface area contributed by atoms with Crippen molar-refractivity contribution in [3.8, 4) is 5.75 Å². The summed E-state index contributed by atoms with van der Waals surface area (Å²) in [6.45, 7) is 3.07. The number of aliphatic hydroxyl groups excluding tert-OH is 1. The fourth-order valence-corrected chi connectivity index (χ4v) is 5.93. The van der Waals surface area contributed by atoms with Crippen LogP contribution in [0.25, 0.3) is 0 Å². The molecule has 1 fully saturated rings. The molecule has 2 aliphatic rings. The zero-order valence-electron chi connectivity index (χ0n) is 14.3. The Morgan fingerprint density at radius 1 is 1.23 bits per heavy atom. The van der Waals surface area contributed by atoms with E-state index < -0.39 is 0 Å². The fourth-order valence-electron chi connectivity index (χ4n) is 4.04. The van der Waals surface area contributed by atoms with E-state index in [9.17, 15) is 10.2 Å². The average Bonchev–Trinajstić information content (AvgIpc) is 2.98. The lowest BCUT2D eigenvalue weighted by molar-refractivity contribution is -0.0963. The number of fused-ring (bicyclic) bond motifs is 2. The SMILES string of the molecule is OCc1c(Cl)sc2c1CCOC21CCN(Cc2cccc(Cl)c2O)CC1. The summed E-state index contributed by atoms with van der Waals surface area (Å²) in [5.74, 6) is 0.170. The van der Waals surface area contributed by atoms with Crippen molar-refractivity contribution in [1.82, 2.24) is 4.90 Å². The number of phenols is 1. The zero-order valence-corrected chi connectivity index (χ0v) is 16.6. The van der Waals surface area contributed by atoms with E-state index in [1.165, 1.54) is 10.4 Å². The Kier molecular flexibility index (Phi) is 5.21. The summed E-state index contributed by atoms with van der Waals surface area (Å²) >= 11 is 13.9. The standard InChI is InChI=1S/C19H21Cl2NO3S/c20-15-3-1-2-12(16(15)24)10-22-7-5-19(6-8-22)17-13(4-9-25-19)14(11-23)18(21)26-17/h1-3,23-24H,4-11H2. The molecule has 3 heterocycles. The Hall–Kier alpha value is -0.820. The molecule has 0 amide bonds. The van der Waals surface area contributed by atoms with Crippen molar-refractivity contribution < 1.29 is 14.9 Å². The maximum Gasteiger partial charge on any atom is 0.138 e. The highest BCUT2D eigenvalue weighted by Gasteiger charge is 2.43. The first-order chi connectivity index (χ1) is 12.5. The van der Waals surface area contributed by atoms with Crippen molar-refractivity contribution in [1.29, 1.82) is 0 Å².